The van der Waals surface area contributed by atoms with Crippen molar-refractivity contribution in [3.05, 3.63) is 48.5 Å². The van der Waals surface area contributed by atoms with Crippen molar-refractivity contribution in [2.45, 2.75) is 0 Å². The molecule has 15 heavy (non-hydrogen) atoms. The molecule has 0 aliphatic rings. The normalized spacial score (nSPS) is 10.7. The van der Waals surface area contributed by atoms with E-state index >= 15 is 0 Å². The standard InChI is InChI=1S/C12H12N2O/c1-15-12-4-2-3-11(9-12)5-7-14-8-6-13-10-14/h2-10H,1H3/b7-5-. The molecule has 3 heteroatoms. The Kier molecular flexibility index (Phi) is 2.83. The minimum atomic E-state index is 0.864. The van der Waals surface area contributed by atoms with E-state index in [1.807, 2.05) is 47.3 Å². The van der Waals surface area contributed by atoms with Crippen LogP contribution >= 0.6 is 0 Å². The van der Waals surface area contributed by atoms with Crippen LogP contribution in [-0.4, -0.2) is 16.7 Å². The van der Waals surface area contributed by atoms with Crippen LogP contribution < -0.4 is 4.74 Å². The third-order valence-electron chi connectivity index (χ3n) is 2.06. The maximum atomic E-state index is 5.14. The summed E-state index contributed by atoms with van der Waals surface area (Å²) in [6, 6.07) is 7.89. The molecule has 0 amide bonds. The van der Waals surface area contributed by atoms with E-state index in [-0.39, 0.29) is 0 Å². The number of ether oxygens (including phenoxy) is 1. The van der Waals surface area contributed by atoms with Crippen molar-refractivity contribution in [2.75, 3.05) is 7.11 Å². The highest BCUT2D eigenvalue weighted by Gasteiger charge is 1.91. The van der Waals surface area contributed by atoms with Gasteiger partial charge in [0.25, 0.3) is 0 Å². The molecule has 0 saturated carbocycles. The summed E-state index contributed by atoms with van der Waals surface area (Å²) >= 11 is 0. The molecule has 1 heterocycles. The summed E-state index contributed by atoms with van der Waals surface area (Å²) in [6.07, 6.45) is 9.33. The number of aromatic nitrogens is 2. The van der Waals surface area contributed by atoms with Crippen LogP contribution in [0.4, 0.5) is 0 Å². The minimum absolute atomic E-state index is 0.864. The number of nitrogens with zero attached hydrogens (tertiary/aromatic N) is 2. The third kappa shape index (κ3) is 2.47. The van der Waals surface area contributed by atoms with E-state index in [1.165, 1.54) is 0 Å². The lowest BCUT2D eigenvalue weighted by Crippen LogP contribution is -1.83. The topological polar surface area (TPSA) is 27.1 Å². The Hall–Kier alpha value is -2.03. The maximum absolute atomic E-state index is 5.14. The Bertz CT molecular complexity index is 446. The lowest BCUT2D eigenvalue weighted by molar-refractivity contribution is 0.414. The molecule has 1 aromatic heterocycles. The zero-order valence-corrected chi connectivity index (χ0v) is 8.50. The van der Waals surface area contributed by atoms with Gasteiger partial charge in [-0.2, -0.15) is 0 Å². The summed E-state index contributed by atoms with van der Waals surface area (Å²) in [5.74, 6) is 0.864. The first-order valence-electron chi connectivity index (χ1n) is 4.68. The molecule has 2 aromatic rings. The predicted octanol–water partition coefficient (Wildman–Crippen LogP) is 2.52. The molecular formula is C12H12N2O. The number of benzene rings is 1. The van der Waals surface area contributed by atoms with Gasteiger partial charge in [0.1, 0.15) is 5.75 Å². The number of imidazole rings is 1. The third-order valence-corrected chi connectivity index (χ3v) is 2.06. The molecule has 0 spiro atoms. The van der Waals surface area contributed by atoms with Crippen molar-refractivity contribution < 1.29 is 4.74 Å². The molecule has 0 saturated heterocycles. The molecule has 0 aliphatic carbocycles. The fourth-order valence-electron chi connectivity index (χ4n) is 1.27. The van der Waals surface area contributed by atoms with E-state index < -0.39 is 0 Å². The second-order valence-electron chi connectivity index (χ2n) is 3.10. The average Bonchev–Trinajstić information content (AvgIpc) is 2.79. The van der Waals surface area contributed by atoms with Gasteiger partial charge in [-0.1, -0.05) is 12.1 Å². The van der Waals surface area contributed by atoms with Gasteiger partial charge in [0.05, 0.1) is 13.4 Å². The highest BCUT2D eigenvalue weighted by atomic mass is 16.5. The maximum Gasteiger partial charge on any atom is 0.119 e. The van der Waals surface area contributed by atoms with Crippen molar-refractivity contribution >= 4 is 12.3 Å². The lowest BCUT2D eigenvalue weighted by Gasteiger charge is -1.99. The molecule has 0 atom stereocenters. The first-order valence-corrected chi connectivity index (χ1v) is 4.68. The fraction of sp³-hybridized carbons (Fsp3) is 0.0833. The first kappa shape index (κ1) is 9.52. The lowest BCUT2D eigenvalue weighted by atomic mass is 10.2. The largest absolute Gasteiger partial charge is 0.497 e. The van der Waals surface area contributed by atoms with Crippen LogP contribution in [-0.2, 0) is 0 Å². The molecule has 1 aromatic carbocycles. The van der Waals surface area contributed by atoms with Crippen LogP contribution in [0.3, 0.4) is 0 Å². The van der Waals surface area contributed by atoms with Crippen molar-refractivity contribution in [3.63, 3.8) is 0 Å². The highest BCUT2D eigenvalue weighted by Crippen LogP contribution is 2.13. The summed E-state index contributed by atoms with van der Waals surface area (Å²) in [6.45, 7) is 0. The molecule has 0 N–H and O–H groups in total. The monoisotopic (exact) mass is 200 g/mol. The van der Waals surface area contributed by atoms with Gasteiger partial charge in [0, 0.05) is 18.6 Å². The number of hydrogen-bond acceptors (Lipinski definition) is 2. The second-order valence-corrected chi connectivity index (χ2v) is 3.10. The summed E-state index contributed by atoms with van der Waals surface area (Å²) in [5, 5.41) is 0. The molecule has 0 unspecified atom stereocenters. The van der Waals surface area contributed by atoms with E-state index in [2.05, 4.69) is 4.98 Å². The van der Waals surface area contributed by atoms with Gasteiger partial charge in [-0.25, -0.2) is 4.98 Å². The summed E-state index contributed by atoms with van der Waals surface area (Å²) in [4.78, 5) is 3.96. The molecule has 76 valence electrons. The van der Waals surface area contributed by atoms with E-state index in [9.17, 15) is 0 Å². The second kappa shape index (κ2) is 4.46. The first-order chi connectivity index (χ1) is 7.38. The summed E-state index contributed by atoms with van der Waals surface area (Å²) < 4.78 is 7.03. The van der Waals surface area contributed by atoms with Gasteiger partial charge in [-0.15, -0.1) is 0 Å². The number of methoxy groups -OCH3 is 1. The van der Waals surface area contributed by atoms with Gasteiger partial charge < -0.3 is 9.30 Å². The fourth-order valence-corrected chi connectivity index (χ4v) is 1.27. The van der Waals surface area contributed by atoms with Crippen molar-refractivity contribution in [3.8, 4) is 5.75 Å². The van der Waals surface area contributed by atoms with E-state index in [0.717, 1.165) is 11.3 Å². The van der Waals surface area contributed by atoms with Gasteiger partial charge in [-0.3, -0.25) is 0 Å². The predicted molar refractivity (Wildman–Crippen MR) is 60.4 cm³/mol. The van der Waals surface area contributed by atoms with Crippen molar-refractivity contribution in [1.29, 1.82) is 0 Å². The average molecular weight is 200 g/mol. The summed E-state index contributed by atoms with van der Waals surface area (Å²) in [7, 11) is 1.67. The zero-order valence-electron chi connectivity index (χ0n) is 8.50. The number of rotatable bonds is 3. The Morgan fingerprint density at radius 1 is 1.40 bits per heavy atom. The van der Waals surface area contributed by atoms with E-state index in [1.54, 1.807) is 19.6 Å². The van der Waals surface area contributed by atoms with Crippen LogP contribution in [0.2, 0.25) is 0 Å². The highest BCUT2D eigenvalue weighted by molar-refractivity contribution is 5.61. The van der Waals surface area contributed by atoms with Crippen molar-refractivity contribution in [1.82, 2.24) is 9.55 Å². The SMILES string of the molecule is COc1cccc(/C=C\n2ccnc2)c1. The molecule has 2 rings (SSSR count). The van der Waals surface area contributed by atoms with Gasteiger partial charge >= 0.3 is 0 Å². The molecule has 0 fully saturated rings. The Labute approximate surface area is 88.6 Å². The van der Waals surface area contributed by atoms with Crippen LogP contribution in [0.5, 0.6) is 5.75 Å². The Balaban J connectivity index is 2.17. The van der Waals surface area contributed by atoms with E-state index in [0.29, 0.717) is 0 Å². The van der Waals surface area contributed by atoms with Gasteiger partial charge in [0.2, 0.25) is 0 Å². The van der Waals surface area contributed by atoms with Gasteiger partial charge in [0.15, 0.2) is 0 Å². The van der Waals surface area contributed by atoms with Crippen LogP contribution in [0, 0.1) is 0 Å². The molecule has 3 nitrogen and oxygen atoms in total. The Morgan fingerprint density at radius 3 is 3.07 bits per heavy atom. The smallest absolute Gasteiger partial charge is 0.119 e. The van der Waals surface area contributed by atoms with Crippen molar-refractivity contribution in [2.24, 2.45) is 0 Å². The molecular weight excluding hydrogens is 188 g/mol. The molecule has 0 bridgehead atoms. The van der Waals surface area contributed by atoms with Crippen LogP contribution in [0.25, 0.3) is 12.3 Å². The quantitative estimate of drug-likeness (QED) is 0.761. The molecule has 0 aliphatic heterocycles. The minimum Gasteiger partial charge on any atom is -0.497 e. The number of hydrogen-bond donors (Lipinski definition) is 0. The van der Waals surface area contributed by atoms with E-state index in [4.69, 9.17) is 4.74 Å². The van der Waals surface area contributed by atoms with Crippen LogP contribution in [0.1, 0.15) is 5.56 Å². The zero-order chi connectivity index (χ0) is 10.5. The summed E-state index contributed by atoms with van der Waals surface area (Å²) in [5.41, 5.74) is 1.10. The van der Waals surface area contributed by atoms with Gasteiger partial charge in [-0.05, 0) is 23.8 Å². The Morgan fingerprint density at radius 2 is 2.33 bits per heavy atom. The molecule has 0 radical (unpaired) electrons. The van der Waals surface area contributed by atoms with Crippen LogP contribution in [0.15, 0.2) is 43.0 Å².